The number of amides is 1. The number of likely N-dealkylation sites (tertiary alicyclic amines) is 1. The van der Waals surface area contributed by atoms with Crippen LogP contribution in [0.1, 0.15) is 19.3 Å². The molecule has 0 bridgehead atoms. The third-order valence-corrected chi connectivity index (χ3v) is 4.86. The van der Waals surface area contributed by atoms with Gasteiger partial charge in [0, 0.05) is 26.0 Å². The first-order valence-corrected chi connectivity index (χ1v) is 7.53. The van der Waals surface area contributed by atoms with Crippen LogP contribution >= 0.6 is 0 Å². The molecular weight excluding hydrogens is 230 g/mol. The first kappa shape index (κ1) is 11.9. The highest BCUT2D eigenvalue weighted by Crippen LogP contribution is 2.21. The molecule has 0 N–H and O–H groups in total. The van der Waals surface area contributed by atoms with Crippen LogP contribution in [-0.4, -0.2) is 56.5 Å². The number of hydrogen-bond acceptors (Lipinski definition) is 4. The second-order valence-electron chi connectivity index (χ2n) is 4.53. The van der Waals surface area contributed by atoms with Crippen LogP contribution in [0.15, 0.2) is 0 Å². The van der Waals surface area contributed by atoms with Crippen LogP contribution in [0.4, 0.5) is 0 Å². The highest BCUT2D eigenvalue weighted by molar-refractivity contribution is 7.91. The summed E-state index contributed by atoms with van der Waals surface area (Å²) < 4.78 is 28.0. The van der Waals surface area contributed by atoms with Crippen LogP contribution in [0, 0.1) is 0 Å². The van der Waals surface area contributed by atoms with Gasteiger partial charge in [0.05, 0.1) is 5.25 Å². The van der Waals surface area contributed by atoms with Crippen molar-refractivity contribution in [1.82, 2.24) is 4.90 Å². The van der Waals surface area contributed by atoms with E-state index < -0.39 is 15.1 Å². The van der Waals surface area contributed by atoms with Crippen molar-refractivity contribution in [2.75, 3.05) is 26.0 Å². The van der Waals surface area contributed by atoms with E-state index in [4.69, 9.17) is 4.74 Å². The molecule has 0 radical (unpaired) electrons. The quantitative estimate of drug-likeness (QED) is 0.678. The van der Waals surface area contributed by atoms with Crippen molar-refractivity contribution in [3.8, 4) is 0 Å². The van der Waals surface area contributed by atoms with Gasteiger partial charge < -0.3 is 9.64 Å². The van der Waals surface area contributed by atoms with E-state index in [9.17, 15) is 13.2 Å². The summed E-state index contributed by atoms with van der Waals surface area (Å²) in [6.07, 6.45) is 3.13. The van der Waals surface area contributed by atoms with Crippen molar-refractivity contribution >= 4 is 15.7 Å². The zero-order chi connectivity index (χ0) is 11.8. The molecule has 0 aromatic heterocycles. The zero-order valence-electron chi connectivity index (χ0n) is 9.39. The second kappa shape index (κ2) is 4.33. The fourth-order valence-corrected chi connectivity index (χ4v) is 3.24. The third-order valence-electron chi connectivity index (χ3n) is 3.27. The molecule has 1 amide bonds. The van der Waals surface area contributed by atoms with Gasteiger partial charge in [0.25, 0.3) is 5.91 Å². The van der Waals surface area contributed by atoms with Crippen LogP contribution < -0.4 is 0 Å². The Morgan fingerprint density at radius 1 is 1.38 bits per heavy atom. The summed E-state index contributed by atoms with van der Waals surface area (Å²) in [5, 5.41) is -0.391. The number of hydrogen-bond donors (Lipinski definition) is 0. The van der Waals surface area contributed by atoms with E-state index in [0.717, 1.165) is 12.8 Å². The molecule has 92 valence electrons. The van der Waals surface area contributed by atoms with Crippen molar-refractivity contribution in [1.29, 1.82) is 0 Å². The summed E-state index contributed by atoms with van der Waals surface area (Å²) >= 11 is 0. The highest BCUT2D eigenvalue weighted by Gasteiger charge is 2.36. The number of ether oxygens (including phenoxy) is 1. The highest BCUT2D eigenvalue weighted by atomic mass is 32.2. The molecule has 5 nitrogen and oxygen atoms in total. The number of carbonyl (C=O) groups is 1. The molecule has 6 heteroatoms. The van der Waals surface area contributed by atoms with Crippen LogP contribution in [0.25, 0.3) is 0 Å². The Hall–Kier alpha value is -0.620. The van der Waals surface area contributed by atoms with E-state index in [1.54, 1.807) is 4.90 Å². The standard InChI is InChI=1S/C10H17NO4S/c1-16(13,14)8-4-5-11(7-8)10(12)9-3-2-6-15-9/h8-9H,2-7H2,1H3. The summed E-state index contributed by atoms with van der Waals surface area (Å²) in [7, 11) is -3.03. The van der Waals surface area contributed by atoms with Gasteiger partial charge >= 0.3 is 0 Å². The molecule has 2 saturated heterocycles. The Morgan fingerprint density at radius 3 is 2.62 bits per heavy atom. The maximum atomic E-state index is 11.9. The smallest absolute Gasteiger partial charge is 0.251 e. The van der Waals surface area contributed by atoms with Gasteiger partial charge in [0.1, 0.15) is 6.10 Å². The lowest BCUT2D eigenvalue weighted by atomic mass is 10.2. The normalized spacial score (nSPS) is 30.9. The largest absolute Gasteiger partial charge is 0.368 e. The summed E-state index contributed by atoms with van der Waals surface area (Å²) in [4.78, 5) is 13.6. The van der Waals surface area contributed by atoms with Gasteiger partial charge in [0.15, 0.2) is 9.84 Å². The Morgan fingerprint density at radius 2 is 2.12 bits per heavy atom. The number of sulfone groups is 1. The Bertz CT molecular complexity index is 372. The van der Waals surface area contributed by atoms with Crippen LogP contribution in [-0.2, 0) is 19.4 Å². The molecule has 0 aromatic carbocycles. The fourth-order valence-electron chi connectivity index (χ4n) is 2.25. The lowest BCUT2D eigenvalue weighted by Gasteiger charge is -2.19. The van der Waals surface area contributed by atoms with Gasteiger partial charge in [0.2, 0.25) is 0 Å². The van der Waals surface area contributed by atoms with Crippen molar-refractivity contribution in [2.45, 2.75) is 30.6 Å². The van der Waals surface area contributed by atoms with Gasteiger partial charge in [-0.25, -0.2) is 8.42 Å². The predicted molar refractivity (Wildman–Crippen MR) is 58.8 cm³/mol. The summed E-state index contributed by atoms with van der Waals surface area (Å²) in [5.74, 6) is -0.0383. The SMILES string of the molecule is CS(=O)(=O)C1CCN(C(=O)C2CCCO2)C1. The minimum Gasteiger partial charge on any atom is -0.368 e. The second-order valence-corrected chi connectivity index (χ2v) is 6.85. The monoisotopic (exact) mass is 247 g/mol. The zero-order valence-corrected chi connectivity index (χ0v) is 10.2. The van der Waals surface area contributed by atoms with E-state index in [2.05, 4.69) is 0 Å². The molecule has 0 aromatic rings. The lowest BCUT2D eigenvalue weighted by Crippen LogP contribution is -2.38. The van der Waals surface area contributed by atoms with Crippen LogP contribution in [0.5, 0.6) is 0 Å². The number of rotatable bonds is 2. The minimum absolute atomic E-state index is 0.0383. The molecule has 2 fully saturated rings. The van der Waals surface area contributed by atoms with Gasteiger partial charge in [-0.1, -0.05) is 0 Å². The molecule has 0 aliphatic carbocycles. The van der Waals surface area contributed by atoms with E-state index >= 15 is 0 Å². The lowest BCUT2D eigenvalue weighted by molar-refractivity contribution is -0.139. The first-order valence-electron chi connectivity index (χ1n) is 5.58. The van der Waals surface area contributed by atoms with Gasteiger partial charge in [-0.05, 0) is 19.3 Å². The molecule has 0 saturated carbocycles. The maximum Gasteiger partial charge on any atom is 0.251 e. The van der Waals surface area contributed by atoms with Crippen LogP contribution in [0.3, 0.4) is 0 Å². The van der Waals surface area contributed by atoms with Gasteiger partial charge in [-0.2, -0.15) is 0 Å². The average molecular weight is 247 g/mol. The van der Waals surface area contributed by atoms with Crippen molar-refractivity contribution < 1.29 is 17.9 Å². The van der Waals surface area contributed by atoms with E-state index in [1.807, 2.05) is 0 Å². The molecule has 2 atom stereocenters. The first-order chi connectivity index (χ1) is 7.48. The van der Waals surface area contributed by atoms with Crippen molar-refractivity contribution in [3.63, 3.8) is 0 Å². The molecule has 16 heavy (non-hydrogen) atoms. The summed E-state index contributed by atoms with van der Waals surface area (Å²) in [5.41, 5.74) is 0. The molecule has 2 heterocycles. The molecule has 0 spiro atoms. The number of nitrogens with zero attached hydrogens (tertiary/aromatic N) is 1. The Labute approximate surface area is 95.7 Å². The number of carbonyl (C=O) groups excluding carboxylic acids is 1. The van der Waals surface area contributed by atoms with Crippen LogP contribution in [0.2, 0.25) is 0 Å². The maximum absolute atomic E-state index is 11.9. The molecular formula is C10H17NO4S. The Kier molecular flexibility index (Phi) is 3.21. The Balaban J connectivity index is 1.95. The van der Waals surface area contributed by atoms with E-state index in [1.165, 1.54) is 6.26 Å². The summed E-state index contributed by atoms with van der Waals surface area (Å²) in [6.45, 7) is 1.51. The third kappa shape index (κ3) is 2.38. The topological polar surface area (TPSA) is 63.7 Å². The molecule has 2 rings (SSSR count). The van der Waals surface area contributed by atoms with Crippen molar-refractivity contribution in [3.05, 3.63) is 0 Å². The average Bonchev–Trinajstić information content (AvgIpc) is 2.87. The predicted octanol–water partition coefficient (Wildman–Crippen LogP) is -0.189. The molecule has 2 unspecified atom stereocenters. The molecule has 2 aliphatic rings. The molecule has 2 aliphatic heterocycles. The van der Waals surface area contributed by atoms with Gasteiger partial charge in [-0.3, -0.25) is 4.79 Å². The minimum atomic E-state index is -3.03. The van der Waals surface area contributed by atoms with Crippen molar-refractivity contribution in [2.24, 2.45) is 0 Å². The van der Waals surface area contributed by atoms with E-state index in [0.29, 0.717) is 26.1 Å². The van der Waals surface area contributed by atoms with Gasteiger partial charge in [-0.15, -0.1) is 0 Å². The fraction of sp³-hybridized carbons (Fsp3) is 0.900. The van der Waals surface area contributed by atoms with E-state index in [-0.39, 0.29) is 12.0 Å². The summed E-state index contributed by atoms with van der Waals surface area (Å²) in [6, 6.07) is 0.